The van der Waals surface area contributed by atoms with Crippen molar-refractivity contribution >= 4 is 29.8 Å². The summed E-state index contributed by atoms with van der Waals surface area (Å²) in [6, 6.07) is 4.65. The fourth-order valence-electron chi connectivity index (χ4n) is 2.72. The van der Waals surface area contributed by atoms with Crippen LogP contribution in [0.4, 0.5) is 14.9 Å². The zero-order valence-corrected chi connectivity index (χ0v) is 14.6. The van der Waals surface area contributed by atoms with Crippen molar-refractivity contribution in [1.29, 1.82) is 0 Å². The largest absolute Gasteiger partial charge is 0.443 e. The molecule has 26 heavy (non-hydrogen) atoms. The minimum Gasteiger partial charge on any atom is -0.443 e. The summed E-state index contributed by atoms with van der Waals surface area (Å²) in [5.41, 5.74) is 1.63. The summed E-state index contributed by atoms with van der Waals surface area (Å²) < 4.78 is 21.5. The number of carbonyl (C=O) groups excluding carboxylic acids is 1. The van der Waals surface area contributed by atoms with Crippen LogP contribution < -0.4 is 4.90 Å². The van der Waals surface area contributed by atoms with Gasteiger partial charge in [-0.1, -0.05) is 0 Å². The van der Waals surface area contributed by atoms with E-state index in [0.29, 0.717) is 23.7 Å². The predicted molar refractivity (Wildman–Crippen MR) is 95.5 cm³/mol. The molecule has 1 aromatic heterocycles. The fourth-order valence-corrected chi connectivity index (χ4v) is 3.56. The second-order valence-corrected chi connectivity index (χ2v) is 7.02. The molecule has 8 nitrogen and oxygen atoms in total. The number of anilines is 1. The van der Waals surface area contributed by atoms with Gasteiger partial charge >= 0.3 is 6.09 Å². The van der Waals surface area contributed by atoms with Gasteiger partial charge in [0.1, 0.15) is 11.9 Å². The van der Waals surface area contributed by atoms with Crippen LogP contribution >= 0.6 is 11.8 Å². The van der Waals surface area contributed by atoms with Gasteiger partial charge in [0.25, 0.3) is 0 Å². The second-order valence-electron chi connectivity index (χ2n) is 5.87. The highest BCUT2D eigenvalue weighted by Gasteiger charge is 2.33. The van der Waals surface area contributed by atoms with Gasteiger partial charge in [-0.3, -0.25) is 4.90 Å². The Kier molecular flexibility index (Phi) is 4.41. The van der Waals surface area contributed by atoms with Crippen molar-refractivity contribution in [2.45, 2.75) is 18.4 Å². The summed E-state index contributed by atoms with van der Waals surface area (Å²) in [6.07, 6.45) is 4.14. The number of aromatic nitrogens is 2. The van der Waals surface area contributed by atoms with Crippen molar-refractivity contribution in [2.75, 3.05) is 17.2 Å². The first-order valence-corrected chi connectivity index (χ1v) is 8.98. The lowest BCUT2D eigenvalue weighted by Gasteiger charge is -2.14. The van der Waals surface area contributed by atoms with E-state index in [1.165, 1.54) is 22.7 Å². The third-order valence-corrected chi connectivity index (χ3v) is 5.09. The molecular weight excluding hydrogens is 359 g/mol. The lowest BCUT2D eigenvalue weighted by Crippen LogP contribution is -2.25. The van der Waals surface area contributed by atoms with Crippen LogP contribution in [0, 0.1) is 12.7 Å². The molecule has 4 rings (SSSR count). The van der Waals surface area contributed by atoms with E-state index in [1.54, 1.807) is 35.4 Å². The summed E-state index contributed by atoms with van der Waals surface area (Å²) in [5.74, 6) is 0.125. The molecule has 0 bridgehead atoms. The molecular formula is C16H15FN6O2S. The van der Waals surface area contributed by atoms with Gasteiger partial charge in [-0.2, -0.15) is 0 Å². The molecule has 0 saturated carbocycles. The van der Waals surface area contributed by atoms with Crippen LogP contribution in [0.15, 0.2) is 46.2 Å². The monoisotopic (exact) mass is 374 g/mol. The SMILES string of the molecule is Cc1cn(-c2ccc(N3C[C@H](CSC4C=NN=N4)OC3=O)cc2F)cn1. The van der Waals surface area contributed by atoms with Crippen molar-refractivity contribution in [3.05, 3.63) is 42.2 Å². The van der Waals surface area contributed by atoms with Crippen molar-refractivity contribution < 1.29 is 13.9 Å². The molecule has 2 aliphatic rings. The summed E-state index contributed by atoms with van der Waals surface area (Å²) in [4.78, 5) is 17.7. The van der Waals surface area contributed by atoms with E-state index in [9.17, 15) is 9.18 Å². The normalized spacial score (nSPS) is 21.6. The smallest absolute Gasteiger partial charge is 0.414 e. The van der Waals surface area contributed by atoms with E-state index >= 15 is 0 Å². The molecule has 1 unspecified atom stereocenters. The topological polar surface area (TPSA) is 84.4 Å². The Labute approximate surface area is 152 Å². The van der Waals surface area contributed by atoms with E-state index < -0.39 is 11.9 Å². The van der Waals surface area contributed by atoms with Crippen LogP contribution in [0.5, 0.6) is 0 Å². The molecule has 0 spiro atoms. The Morgan fingerprint density at radius 1 is 1.42 bits per heavy atom. The number of thioether (sulfide) groups is 1. The molecule has 1 aromatic carbocycles. The molecule has 2 aromatic rings. The van der Waals surface area contributed by atoms with Crippen LogP contribution in [-0.4, -0.2) is 45.6 Å². The van der Waals surface area contributed by atoms with Gasteiger partial charge in [0.15, 0.2) is 5.37 Å². The van der Waals surface area contributed by atoms with Crippen molar-refractivity contribution in [2.24, 2.45) is 15.4 Å². The van der Waals surface area contributed by atoms with Crippen LogP contribution in [0.3, 0.4) is 0 Å². The highest BCUT2D eigenvalue weighted by Crippen LogP contribution is 2.27. The van der Waals surface area contributed by atoms with E-state index in [-0.39, 0.29) is 11.5 Å². The number of hydrogen-bond donors (Lipinski definition) is 0. The van der Waals surface area contributed by atoms with Crippen LogP contribution in [0.25, 0.3) is 5.69 Å². The van der Waals surface area contributed by atoms with Crippen LogP contribution in [0.1, 0.15) is 5.69 Å². The second kappa shape index (κ2) is 6.87. The number of hydrogen-bond acceptors (Lipinski definition) is 7. The van der Waals surface area contributed by atoms with Gasteiger partial charge in [0.2, 0.25) is 0 Å². The van der Waals surface area contributed by atoms with Gasteiger partial charge in [0, 0.05) is 11.9 Å². The van der Waals surface area contributed by atoms with Crippen molar-refractivity contribution in [3.8, 4) is 5.69 Å². The summed E-state index contributed by atoms with van der Waals surface area (Å²) in [5, 5.41) is 11.0. The lowest BCUT2D eigenvalue weighted by atomic mass is 10.2. The summed E-state index contributed by atoms with van der Waals surface area (Å²) in [6.45, 7) is 2.19. The Balaban J connectivity index is 1.45. The number of nitrogens with zero attached hydrogens (tertiary/aromatic N) is 6. The first-order valence-electron chi connectivity index (χ1n) is 7.94. The van der Waals surface area contributed by atoms with Crippen LogP contribution in [0.2, 0.25) is 0 Å². The van der Waals surface area contributed by atoms with Gasteiger partial charge in [-0.15, -0.1) is 22.0 Å². The summed E-state index contributed by atoms with van der Waals surface area (Å²) >= 11 is 1.49. The number of aryl methyl sites for hydroxylation is 1. The van der Waals surface area contributed by atoms with Gasteiger partial charge in [0.05, 0.1) is 36.2 Å². The zero-order chi connectivity index (χ0) is 18.1. The number of rotatable bonds is 5. The average Bonchev–Trinajstić information content (AvgIpc) is 3.34. The average molecular weight is 374 g/mol. The summed E-state index contributed by atoms with van der Waals surface area (Å²) in [7, 11) is 0. The molecule has 1 fully saturated rings. The molecule has 0 N–H and O–H groups in total. The van der Waals surface area contributed by atoms with E-state index in [1.807, 2.05) is 6.92 Å². The van der Waals surface area contributed by atoms with Crippen molar-refractivity contribution in [3.63, 3.8) is 0 Å². The molecule has 2 atom stereocenters. The van der Waals surface area contributed by atoms with Gasteiger partial charge < -0.3 is 9.30 Å². The maximum absolute atomic E-state index is 14.5. The van der Waals surface area contributed by atoms with Crippen molar-refractivity contribution in [1.82, 2.24) is 9.55 Å². The maximum Gasteiger partial charge on any atom is 0.414 e. The Morgan fingerprint density at radius 3 is 3.00 bits per heavy atom. The number of halogens is 1. The van der Waals surface area contributed by atoms with Crippen LogP contribution in [-0.2, 0) is 4.74 Å². The van der Waals surface area contributed by atoms with E-state index in [4.69, 9.17) is 4.74 Å². The highest BCUT2D eigenvalue weighted by molar-refractivity contribution is 8.00. The molecule has 10 heteroatoms. The van der Waals surface area contributed by atoms with Gasteiger partial charge in [-0.05, 0) is 30.3 Å². The molecule has 3 heterocycles. The first kappa shape index (κ1) is 16.7. The quantitative estimate of drug-likeness (QED) is 0.805. The number of amides is 1. The Bertz CT molecular complexity index is 887. The molecule has 1 saturated heterocycles. The number of cyclic esters (lactones) is 1. The highest BCUT2D eigenvalue weighted by atomic mass is 32.2. The zero-order valence-electron chi connectivity index (χ0n) is 13.8. The van der Waals surface area contributed by atoms with E-state index in [2.05, 4.69) is 20.4 Å². The minimum atomic E-state index is -0.483. The Morgan fingerprint density at radius 2 is 2.31 bits per heavy atom. The molecule has 2 aliphatic heterocycles. The lowest BCUT2D eigenvalue weighted by molar-refractivity contribution is 0.151. The maximum atomic E-state index is 14.5. The molecule has 0 radical (unpaired) electrons. The minimum absolute atomic E-state index is 0.141. The third-order valence-electron chi connectivity index (χ3n) is 3.97. The number of ether oxygens (including phenoxy) is 1. The number of imidazole rings is 1. The molecule has 0 aliphatic carbocycles. The standard InChI is InChI=1S/C16H15FN6O2S/c1-10-6-22(9-18-10)14-3-2-11(4-13(14)17)23-7-12(25-16(23)24)8-26-15-5-19-21-20-15/h2-6,9,12,15H,7-8H2,1H3/t12-,15?/m1/s1. The third kappa shape index (κ3) is 3.32. The Hall–Kier alpha value is -2.75. The fraction of sp³-hybridized carbons (Fsp3) is 0.312. The molecule has 1 amide bonds. The molecule has 134 valence electrons. The first-order chi connectivity index (χ1) is 12.6. The number of benzene rings is 1. The number of carbonyl (C=O) groups is 1. The van der Waals surface area contributed by atoms with Gasteiger partial charge in [-0.25, -0.2) is 14.2 Å². The predicted octanol–water partition coefficient (Wildman–Crippen LogP) is 3.16. The van der Waals surface area contributed by atoms with E-state index in [0.717, 1.165) is 5.69 Å².